The molecule has 4 rings (SSSR count). The molecule has 4 nitrogen and oxygen atoms in total. The van der Waals surface area contributed by atoms with Crippen molar-refractivity contribution in [2.45, 2.75) is 18.8 Å². The SMILES string of the molecule is Fc1ccc([C@@H]2CCNC[C@H]2CCOc2ccc3[nH]ncc3c2)cc1. The highest BCUT2D eigenvalue weighted by Gasteiger charge is 2.26. The third kappa shape index (κ3) is 3.66. The maximum Gasteiger partial charge on any atom is 0.123 e. The Morgan fingerprint density at radius 1 is 1.16 bits per heavy atom. The van der Waals surface area contributed by atoms with Crippen LogP contribution in [0.2, 0.25) is 0 Å². The van der Waals surface area contributed by atoms with Gasteiger partial charge in [0.2, 0.25) is 0 Å². The van der Waals surface area contributed by atoms with Crippen LogP contribution >= 0.6 is 0 Å². The summed E-state index contributed by atoms with van der Waals surface area (Å²) in [5.74, 6) is 1.65. The number of fused-ring (bicyclic) bond motifs is 1. The molecule has 0 spiro atoms. The number of nitrogens with one attached hydrogen (secondary N) is 2. The minimum absolute atomic E-state index is 0.174. The van der Waals surface area contributed by atoms with Crippen molar-refractivity contribution in [1.29, 1.82) is 0 Å². The van der Waals surface area contributed by atoms with Gasteiger partial charge in [-0.2, -0.15) is 5.10 Å². The van der Waals surface area contributed by atoms with Crippen molar-refractivity contribution in [2.24, 2.45) is 5.92 Å². The fourth-order valence-corrected chi connectivity index (χ4v) is 3.71. The molecule has 3 aromatic rings. The number of nitrogens with zero attached hydrogens (tertiary/aromatic N) is 1. The highest BCUT2D eigenvalue weighted by molar-refractivity contribution is 5.79. The molecule has 2 heterocycles. The fourth-order valence-electron chi connectivity index (χ4n) is 3.71. The first-order chi connectivity index (χ1) is 12.3. The first-order valence-electron chi connectivity index (χ1n) is 8.82. The molecular weight excluding hydrogens is 317 g/mol. The molecule has 2 N–H and O–H groups in total. The summed E-state index contributed by atoms with van der Waals surface area (Å²) in [6.45, 7) is 2.66. The van der Waals surface area contributed by atoms with Crippen molar-refractivity contribution in [3.8, 4) is 5.75 Å². The van der Waals surface area contributed by atoms with Crippen molar-refractivity contribution in [3.63, 3.8) is 0 Å². The van der Waals surface area contributed by atoms with Crippen molar-refractivity contribution in [3.05, 3.63) is 60.0 Å². The van der Waals surface area contributed by atoms with Crippen LogP contribution in [-0.4, -0.2) is 29.9 Å². The molecule has 1 aliphatic rings. The smallest absolute Gasteiger partial charge is 0.123 e. The van der Waals surface area contributed by atoms with Crippen LogP contribution in [0, 0.1) is 11.7 Å². The number of aromatic amines is 1. The Morgan fingerprint density at radius 3 is 2.92 bits per heavy atom. The average Bonchev–Trinajstić information content (AvgIpc) is 3.11. The van der Waals surface area contributed by atoms with Crippen molar-refractivity contribution in [1.82, 2.24) is 15.5 Å². The lowest BCUT2D eigenvalue weighted by Crippen LogP contribution is -2.36. The summed E-state index contributed by atoms with van der Waals surface area (Å²) < 4.78 is 19.2. The molecule has 1 aliphatic heterocycles. The zero-order valence-corrected chi connectivity index (χ0v) is 14.0. The molecule has 5 heteroatoms. The summed E-state index contributed by atoms with van der Waals surface area (Å²) in [4.78, 5) is 0. The molecular formula is C20H22FN3O. The molecule has 2 aromatic carbocycles. The molecule has 0 saturated carbocycles. The molecule has 130 valence electrons. The first kappa shape index (κ1) is 16.1. The maximum atomic E-state index is 13.2. The van der Waals surface area contributed by atoms with Crippen LogP contribution in [0.1, 0.15) is 24.3 Å². The molecule has 25 heavy (non-hydrogen) atoms. The summed E-state index contributed by atoms with van der Waals surface area (Å²) in [6.07, 6.45) is 3.85. The van der Waals surface area contributed by atoms with E-state index in [0.29, 0.717) is 18.4 Å². The minimum Gasteiger partial charge on any atom is -0.494 e. The molecule has 1 saturated heterocycles. The van der Waals surface area contributed by atoms with Gasteiger partial charge in [-0.15, -0.1) is 0 Å². The normalized spacial score (nSPS) is 20.7. The lowest BCUT2D eigenvalue weighted by molar-refractivity contribution is 0.235. The van der Waals surface area contributed by atoms with E-state index in [2.05, 4.69) is 15.5 Å². The summed E-state index contributed by atoms with van der Waals surface area (Å²) in [7, 11) is 0. The highest BCUT2D eigenvalue weighted by Crippen LogP contribution is 2.32. The molecule has 2 atom stereocenters. The van der Waals surface area contributed by atoms with Gasteiger partial charge in [0, 0.05) is 5.39 Å². The van der Waals surface area contributed by atoms with E-state index in [1.165, 1.54) is 5.56 Å². The molecule has 0 amide bonds. The Hall–Kier alpha value is -2.40. The number of rotatable bonds is 5. The molecule has 0 bridgehead atoms. The van der Waals surface area contributed by atoms with Crippen LogP contribution in [0.3, 0.4) is 0 Å². The number of aromatic nitrogens is 2. The fraction of sp³-hybridized carbons (Fsp3) is 0.350. The van der Waals surface area contributed by atoms with E-state index in [1.54, 1.807) is 18.3 Å². The number of piperidine rings is 1. The van der Waals surface area contributed by atoms with Gasteiger partial charge in [0.25, 0.3) is 0 Å². The standard InChI is InChI=1S/C20H22FN3O/c21-17-3-1-14(2-4-17)19-7-9-22-12-15(19)8-10-25-18-5-6-20-16(11-18)13-23-24-20/h1-6,11,13,15,19,22H,7-10,12H2,(H,23,24)/t15-,19+/m1/s1. The van der Waals surface area contributed by atoms with E-state index >= 15 is 0 Å². The number of hydrogen-bond donors (Lipinski definition) is 2. The van der Waals surface area contributed by atoms with Crippen LogP contribution in [0.25, 0.3) is 10.9 Å². The Labute approximate surface area is 146 Å². The highest BCUT2D eigenvalue weighted by atomic mass is 19.1. The lowest BCUT2D eigenvalue weighted by atomic mass is 9.79. The molecule has 0 radical (unpaired) electrons. The van der Waals surface area contributed by atoms with E-state index in [0.717, 1.165) is 42.6 Å². The molecule has 0 unspecified atom stereocenters. The van der Waals surface area contributed by atoms with Crippen molar-refractivity contribution in [2.75, 3.05) is 19.7 Å². The third-order valence-corrected chi connectivity index (χ3v) is 5.07. The number of H-pyrrole nitrogens is 1. The van der Waals surface area contributed by atoms with Gasteiger partial charge < -0.3 is 10.1 Å². The zero-order chi connectivity index (χ0) is 17.1. The van der Waals surface area contributed by atoms with Gasteiger partial charge in [0.1, 0.15) is 11.6 Å². The van der Waals surface area contributed by atoms with Crippen LogP contribution in [0.15, 0.2) is 48.7 Å². The molecule has 1 aromatic heterocycles. The van der Waals surface area contributed by atoms with Gasteiger partial charge in [0.15, 0.2) is 0 Å². The van der Waals surface area contributed by atoms with Gasteiger partial charge in [-0.1, -0.05) is 12.1 Å². The monoisotopic (exact) mass is 339 g/mol. The largest absolute Gasteiger partial charge is 0.494 e. The quantitative estimate of drug-likeness (QED) is 0.742. The van der Waals surface area contributed by atoms with E-state index in [1.807, 2.05) is 30.3 Å². The van der Waals surface area contributed by atoms with Crippen molar-refractivity contribution < 1.29 is 9.13 Å². The summed E-state index contributed by atoms with van der Waals surface area (Å²) in [5, 5.41) is 11.5. The Balaban J connectivity index is 1.38. The minimum atomic E-state index is -0.174. The van der Waals surface area contributed by atoms with Gasteiger partial charge >= 0.3 is 0 Å². The predicted molar refractivity (Wildman–Crippen MR) is 96.3 cm³/mol. The second-order valence-corrected chi connectivity index (χ2v) is 6.67. The van der Waals surface area contributed by atoms with Crippen LogP contribution in [0.4, 0.5) is 4.39 Å². The van der Waals surface area contributed by atoms with Crippen LogP contribution < -0.4 is 10.1 Å². The number of benzene rings is 2. The third-order valence-electron chi connectivity index (χ3n) is 5.07. The Morgan fingerprint density at radius 2 is 2.04 bits per heavy atom. The Bertz CT molecular complexity index is 830. The van der Waals surface area contributed by atoms with Crippen molar-refractivity contribution >= 4 is 10.9 Å². The van der Waals surface area contributed by atoms with Gasteiger partial charge in [-0.05, 0) is 73.7 Å². The van der Waals surface area contributed by atoms with E-state index < -0.39 is 0 Å². The number of ether oxygens (including phenoxy) is 1. The lowest BCUT2D eigenvalue weighted by Gasteiger charge is -2.32. The van der Waals surface area contributed by atoms with Gasteiger partial charge in [-0.3, -0.25) is 5.10 Å². The van der Waals surface area contributed by atoms with E-state index in [-0.39, 0.29) is 5.82 Å². The van der Waals surface area contributed by atoms with Crippen LogP contribution in [-0.2, 0) is 0 Å². The zero-order valence-electron chi connectivity index (χ0n) is 14.0. The number of halogens is 1. The Kier molecular flexibility index (Phi) is 4.65. The van der Waals surface area contributed by atoms with E-state index in [4.69, 9.17) is 4.74 Å². The number of hydrogen-bond acceptors (Lipinski definition) is 3. The predicted octanol–water partition coefficient (Wildman–Crippen LogP) is 3.86. The molecule has 1 fully saturated rings. The maximum absolute atomic E-state index is 13.2. The average molecular weight is 339 g/mol. The van der Waals surface area contributed by atoms with Crippen LogP contribution in [0.5, 0.6) is 5.75 Å². The summed E-state index contributed by atoms with van der Waals surface area (Å²) in [5.41, 5.74) is 2.24. The van der Waals surface area contributed by atoms with Gasteiger partial charge in [-0.25, -0.2) is 4.39 Å². The summed E-state index contributed by atoms with van der Waals surface area (Å²) >= 11 is 0. The van der Waals surface area contributed by atoms with E-state index in [9.17, 15) is 4.39 Å². The molecule has 0 aliphatic carbocycles. The van der Waals surface area contributed by atoms with Gasteiger partial charge in [0.05, 0.1) is 18.3 Å². The topological polar surface area (TPSA) is 49.9 Å². The second-order valence-electron chi connectivity index (χ2n) is 6.67. The second kappa shape index (κ2) is 7.23. The first-order valence-corrected chi connectivity index (χ1v) is 8.82. The summed E-state index contributed by atoms with van der Waals surface area (Å²) in [6, 6.07) is 12.9.